The lowest BCUT2D eigenvalue weighted by atomic mass is 10.2. The number of aromatic nitrogens is 3. The Balaban J connectivity index is 1.54. The fourth-order valence-electron chi connectivity index (χ4n) is 2.97. The molecule has 2 amide bonds. The molecule has 0 spiro atoms. The normalized spacial score (nSPS) is 12.4. The molecule has 0 bridgehead atoms. The largest absolute Gasteiger partial charge is 0.457 e. The minimum Gasteiger partial charge on any atom is -0.457 e. The first-order chi connectivity index (χ1) is 13.0. The Kier molecular flexibility index (Phi) is 4.08. The summed E-state index contributed by atoms with van der Waals surface area (Å²) in [6.07, 6.45) is 1.81. The fourth-order valence-corrected chi connectivity index (χ4v) is 2.97. The molecule has 8 heteroatoms. The highest BCUT2D eigenvalue weighted by molar-refractivity contribution is 6.03. The van der Waals surface area contributed by atoms with Crippen LogP contribution in [0.15, 0.2) is 42.6 Å². The van der Waals surface area contributed by atoms with Crippen molar-refractivity contribution in [2.24, 2.45) is 7.05 Å². The number of fused-ring (bicyclic) bond motifs is 1. The molecule has 4 rings (SSSR count). The molecule has 27 heavy (non-hydrogen) atoms. The summed E-state index contributed by atoms with van der Waals surface area (Å²) in [5.74, 6) is 1.26. The summed E-state index contributed by atoms with van der Waals surface area (Å²) in [5.41, 5.74) is 2.56. The van der Waals surface area contributed by atoms with Crippen molar-refractivity contribution >= 4 is 23.3 Å². The molecule has 0 saturated heterocycles. The van der Waals surface area contributed by atoms with E-state index in [9.17, 15) is 9.59 Å². The van der Waals surface area contributed by atoms with Crippen molar-refractivity contribution in [2.75, 3.05) is 10.6 Å². The number of nitrogens with zero attached hydrogens (tertiary/aromatic N) is 3. The van der Waals surface area contributed by atoms with E-state index in [0.717, 1.165) is 11.3 Å². The fraction of sp³-hybridized carbons (Fsp3) is 0.158. The second-order valence-corrected chi connectivity index (χ2v) is 6.24. The maximum absolute atomic E-state index is 12.4. The number of hydrogen-bond donors (Lipinski definition) is 2. The smallest absolute Gasteiger partial charge is 0.273 e. The monoisotopic (exact) mass is 363 g/mol. The van der Waals surface area contributed by atoms with Gasteiger partial charge in [0.05, 0.1) is 12.1 Å². The molecule has 1 aromatic carbocycles. The molecule has 2 aromatic heterocycles. The van der Waals surface area contributed by atoms with Crippen LogP contribution in [-0.4, -0.2) is 26.6 Å². The van der Waals surface area contributed by atoms with Gasteiger partial charge in [-0.05, 0) is 31.2 Å². The van der Waals surface area contributed by atoms with Crippen molar-refractivity contribution in [1.82, 2.24) is 14.8 Å². The van der Waals surface area contributed by atoms with Gasteiger partial charge >= 0.3 is 0 Å². The third-order valence-corrected chi connectivity index (χ3v) is 4.16. The molecule has 1 aliphatic rings. The van der Waals surface area contributed by atoms with Crippen LogP contribution >= 0.6 is 0 Å². The van der Waals surface area contributed by atoms with Gasteiger partial charge in [0.2, 0.25) is 5.91 Å². The number of amides is 2. The zero-order valence-corrected chi connectivity index (χ0v) is 14.8. The van der Waals surface area contributed by atoms with Crippen LogP contribution in [0.25, 0.3) is 0 Å². The molecule has 3 aromatic rings. The molecule has 1 aliphatic heterocycles. The summed E-state index contributed by atoms with van der Waals surface area (Å²) >= 11 is 0. The van der Waals surface area contributed by atoms with Crippen LogP contribution in [0.2, 0.25) is 0 Å². The molecule has 2 N–H and O–H groups in total. The van der Waals surface area contributed by atoms with E-state index in [4.69, 9.17) is 4.74 Å². The Hall–Kier alpha value is -3.68. The molecule has 0 aliphatic carbocycles. The second kappa shape index (κ2) is 6.56. The maximum atomic E-state index is 12.4. The molecule has 136 valence electrons. The number of carbonyl (C=O) groups excluding carboxylic acids is 2. The van der Waals surface area contributed by atoms with E-state index in [0.29, 0.717) is 28.7 Å². The van der Waals surface area contributed by atoms with E-state index >= 15 is 0 Å². The van der Waals surface area contributed by atoms with Crippen molar-refractivity contribution in [3.63, 3.8) is 0 Å². The van der Waals surface area contributed by atoms with E-state index in [2.05, 4.69) is 20.7 Å². The predicted molar refractivity (Wildman–Crippen MR) is 99.0 cm³/mol. The van der Waals surface area contributed by atoms with E-state index in [-0.39, 0.29) is 18.2 Å². The van der Waals surface area contributed by atoms with Gasteiger partial charge in [-0.3, -0.25) is 14.3 Å². The van der Waals surface area contributed by atoms with Crippen LogP contribution < -0.4 is 15.4 Å². The lowest BCUT2D eigenvalue weighted by Crippen LogP contribution is -2.16. The number of nitrogens with one attached hydrogen (secondary N) is 2. The SMILES string of the molecule is Cc1cc(C(=O)Nc2cccc(Oc3ccnc4c3CC(=O)N4)c2)n(C)n1. The first-order valence-corrected chi connectivity index (χ1v) is 8.37. The lowest BCUT2D eigenvalue weighted by molar-refractivity contribution is -0.115. The Morgan fingerprint density at radius 3 is 2.93 bits per heavy atom. The van der Waals surface area contributed by atoms with Gasteiger partial charge in [-0.25, -0.2) is 4.98 Å². The van der Waals surface area contributed by atoms with Gasteiger partial charge in [0.25, 0.3) is 5.91 Å². The van der Waals surface area contributed by atoms with Crippen molar-refractivity contribution in [2.45, 2.75) is 13.3 Å². The van der Waals surface area contributed by atoms with Gasteiger partial charge in [-0.1, -0.05) is 6.07 Å². The molecule has 0 fully saturated rings. The average Bonchev–Trinajstić information content (AvgIpc) is 3.17. The Labute approximate surface area is 155 Å². The van der Waals surface area contributed by atoms with Gasteiger partial charge in [0.15, 0.2) is 0 Å². The summed E-state index contributed by atoms with van der Waals surface area (Å²) in [7, 11) is 1.72. The third-order valence-electron chi connectivity index (χ3n) is 4.16. The van der Waals surface area contributed by atoms with Crippen LogP contribution in [-0.2, 0) is 18.3 Å². The summed E-state index contributed by atoms with van der Waals surface area (Å²) < 4.78 is 7.46. The predicted octanol–water partition coefficient (Wildman–Crippen LogP) is 2.66. The van der Waals surface area contributed by atoms with Crippen LogP contribution in [0.5, 0.6) is 11.5 Å². The van der Waals surface area contributed by atoms with Crippen molar-refractivity contribution in [3.05, 3.63) is 59.5 Å². The van der Waals surface area contributed by atoms with Crippen LogP contribution in [0.4, 0.5) is 11.5 Å². The molecular formula is C19H17N5O3. The highest BCUT2D eigenvalue weighted by Gasteiger charge is 2.23. The first-order valence-electron chi connectivity index (χ1n) is 8.37. The van der Waals surface area contributed by atoms with E-state index in [1.165, 1.54) is 4.68 Å². The van der Waals surface area contributed by atoms with Crippen molar-refractivity contribution in [3.8, 4) is 11.5 Å². The summed E-state index contributed by atoms with van der Waals surface area (Å²) in [4.78, 5) is 28.2. The topological polar surface area (TPSA) is 98.1 Å². The highest BCUT2D eigenvalue weighted by Crippen LogP contribution is 2.33. The molecule has 3 heterocycles. The summed E-state index contributed by atoms with van der Waals surface area (Å²) in [6.45, 7) is 1.83. The molecule has 0 radical (unpaired) electrons. The Morgan fingerprint density at radius 2 is 2.15 bits per heavy atom. The van der Waals surface area contributed by atoms with Crippen molar-refractivity contribution < 1.29 is 14.3 Å². The average molecular weight is 363 g/mol. The third kappa shape index (κ3) is 3.37. The maximum Gasteiger partial charge on any atom is 0.273 e. The minimum atomic E-state index is -0.255. The van der Waals surface area contributed by atoms with Gasteiger partial charge in [0, 0.05) is 30.6 Å². The standard InChI is InChI=1S/C19H17N5O3/c1-11-8-15(24(2)23-11)19(26)21-12-4-3-5-13(9-12)27-16-6-7-20-18-14(16)10-17(25)22-18/h3-9H,10H2,1-2H3,(H,21,26)(H,20,22,25). The lowest BCUT2D eigenvalue weighted by Gasteiger charge is -2.11. The van der Waals surface area contributed by atoms with Crippen molar-refractivity contribution in [1.29, 1.82) is 0 Å². The van der Waals surface area contributed by atoms with Gasteiger partial charge in [-0.2, -0.15) is 5.10 Å². The number of rotatable bonds is 4. The zero-order valence-electron chi connectivity index (χ0n) is 14.8. The number of ether oxygens (including phenoxy) is 1. The quantitative estimate of drug-likeness (QED) is 0.743. The number of pyridine rings is 1. The van der Waals surface area contributed by atoms with Gasteiger partial charge in [0.1, 0.15) is 23.0 Å². The van der Waals surface area contributed by atoms with E-state index in [1.807, 2.05) is 6.92 Å². The van der Waals surface area contributed by atoms with Crippen LogP contribution in [0.1, 0.15) is 21.7 Å². The highest BCUT2D eigenvalue weighted by atomic mass is 16.5. The van der Waals surface area contributed by atoms with Gasteiger partial charge in [-0.15, -0.1) is 0 Å². The molecular weight excluding hydrogens is 346 g/mol. The van der Waals surface area contributed by atoms with E-state index < -0.39 is 0 Å². The number of carbonyl (C=O) groups is 2. The summed E-state index contributed by atoms with van der Waals surface area (Å²) in [5, 5.41) is 9.71. The molecule has 8 nitrogen and oxygen atoms in total. The molecule has 0 unspecified atom stereocenters. The van der Waals surface area contributed by atoms with Crippen LogP contribution in [0.3, 0.4) is 0 Å². The number of anilines is 2. The second-order valence-electron chi connectivity index (χ2n) is 6.24. The first kappa shape index (κ1) is 16.8. The number of benzene rings is 1. The zero-order chi connectivity index (χ0) is 19.0. The molecule has 0 saturated carbocycles. The molecule has 0 atom stereocenters. The Bertz CT molecular complexity index is 1060. The number of hydrogen-bond acceptors (Lipinski definition) is 5. The summed E-state index contributed by atoms with van der Waals surface area (Å²) in [6, 6.07) is 10.5. The van der Waals surface area contributed by atoms with E-state index in [1.54, 1.807) is 49.6 Å². The Morgan fingerprint density at radius 1 is 1.30 bits per heavy atom. The van der Waals surface area contributed by atoms with Crippen LogP contribution in [0, 0.1) is 6.92 Å². The number of aryl methyl sites for hydroxylation is 2. The van der Waals surface area contributed by atoms with Gasteiger partial charge < -0.3 is 15.4 Å². The minimum absolute atomic E-state index is 0.110.